The van der Waals surface area contributed by atoms with Crippen LogP contribution < -0.4 is 10.1 Å². The van der Waals surface area contributed by atoms with Gasteiger partial charge in [0, 0.05) is 16.5 Å². The molecule has 0 saturated heterocycles. The minimum Gasteiger partial charge on any atom is -0.497 e. The standard InChI is InChI=1S/C26H28N6O4S/c1-35-20-12-10-18(11-13-20)25-28-30-32(29-25)17-23(33)31(16-21-8-5-15-37-21)24(22-9-4-14-36-22)26(34)27-19-6-2-3-7-19/h4-5,8-15,19,24H,2-3,6-7,16-17H2,1H3,(H,27,34). The molecule has 10 nitrogen and oxygen atoms in total. The number of furan rings is 1. The Kier molecular flexibility index (Phi) is 7.59. The van der Waals surface area contributed by atoms with Crippen molar-refractivity contribution in [1.29, 1.82) is 0 Å². The molecule has 0 spiro atoms. The van der Waals surface area contributed by atoms with Crippen molar-refractivity contribution in [2.24, 2.45) is 0 Å². The fourth-order valence-corrected chi connectivity index (χ4v) is 5.20. The molecule has 4 aromatic rings. The first-order valence-electron chi connectivity index (χ1n) is 12.2. The van der Waals surface area contributed by atoms with Crippen LogP contribution in [0.15, 0.2) is 64.6 Å². The van der Waals surface area contributed by atoms with Gasteiger partial charge in [-0.3, -0.25) is 9.59 Å². The molecule has 3 heterocycles. The van der Waals surface area contributed by atoms with E-state index in [-0.39, 0.29) is 30.9 Å². The van der Waals surface area contributed by atoms with E-state index in [1.54, 1.807) is 31.4 Å². The van der Waals surface area contributed by atoms with E-state index >= 15 is 0 Å². The lowest BCUT2D eigenvalue weighted by Crippen LogP contribution is -2.46. The van der Waals surface area contributed by atoms with E-state index in [1.165, 1.54) is 27.3 Å². The molecule has 1 unspecified atom stereocenters. The van der Waals surface area contributed by atoms with E-state index in [0.717, 1.165) is 41.9 Å². The van der Waals surface area contributed by atoms with Gasteiger partial charge in [-0.05, 0) is 65.9 Å². The zero-order valence-electron chi connectivity index (χ0n) is 20.4. The first-order valence-corrected chi connectivity index (χ1v) is 13.1. The number of aromatic nitrogens is 4. The highest BCUT2D eigenvalue weighted by atomic mass is 32.1. The highest BCUT2D eigenvalue weighted by Gasteiger charge is 2.35. The summed E-state index contributed by atoms with van der Waals surface area (Å²) in [6.07, 6.45) is 5.56. The van der Waals surface area contributed by atoms with E-state index in [9.17, 15) is 9.59 Å². The first-order chi connectivity index (χ1) is 18.1. The summed E-state index contributed by atoms with van der Waals surface area (Å²) in [4.78, 5) is 31.0. The molecular formula is C26H28N6O4S. The normalized spacial score (nSPS) is 14.4. The lowest BCUT2D eigenvalue weighted by atomic mass is 10.1. The fourth-order valence-electron chi connectivity index (χ4n) is 4.49. The number of tetrazole rings is 1. The average molecular weight is 521 g/mol. The predicted molar refractivity (Wildman–Crippen MR) is 137 cm³/mol. The number of nitrogens with one attached hydrogen (secondary N) is 1. The molecule has 1 aromatic carbocycles. The summed E-state index contributed by atoms with van der Waals surface area (Å²) in [5.74, 6) is 0.940. The summed E-state index contributed by atoms with van der Waals surface area (Å²) in [7, 11) is 1.60. The van der Waals surface area contributed by atoms with Gasteiger partial charge in [0.05, 0.1) is 19.9 Å². The van der Waals surface area contributed by atoms with Crippen molar-refractivity contribution in [3.8, 4) is 17.1 Å². The van der Waals surface area contributed by atoms with Crippen LogP contribution in [0.1, 0.15) is 42.4 Å². The Morgan fingerprint density at radius 3 is 2.68 bits per heavy atom. The van der Waals surface area contributed by atoms with Crippen LogP contribution in [0.3, 0.4) is 0 Å². The number of carbonyl (C=O) groups excluding carboxylic acids is 2. The maximum absolute atomic E-state index is 13.7. The smallest absolute Gasteiger partial charge is 0.250 e. The van der Waals surface area contributed by atoms with Gasteiger partial charge >= 0.3 is 0 Å². The second kappa shape index (κ2) is 11.4. The van der Waals surface area contributed by atoms with Crippen LogP contribution in [-0.4, -0.2) is 50.1 Å². The van der Waals surface area contributed by atoms with E-state index in [0.29, 0.717) is 11.6 Å². The van der Waals surface area contributed by atoms with Gasteiger partial charge in [-0.25, -0.2) is 0 Å². The predicted octanol–water partition coefficient (Wildman–Crippen LogP) is 3.83. The lowest BCUT2D eigenvalue weighted by Gasteiger charge is -2.30. The highest BCUT2D eigenvalue weighted by molar-refractivity contribution is 7.09. The summed E-state index contributed by atoms with van der Waals surface area (Å²) in [5, 5.41) is 17.6. The molecule has 192 valence electrons. The van der Waals surface area contributed by atoms with Gasteiger partial charge in [0.1, 0.15) is 18.1 Å². The van der Waals surface area contributed by atoms with Gasteiger partial charge in [0.2, 0.25) is 11.7 Å². The second-order valence-corrected chi connectivity index (χ2v) is 9.91. The Morgan fingerprint density at radius 1 is 1.19 bits per heavy atom. The van der Waals surface area contributed by atoms with Crippen molar-refractivity contribution in [3.05, 3.63) is 70.8 Å². The zero-order chi connectivity index (χ0) is 25.6. The molecule has 5 rings (SSSR count). The number of nitrogens with zero attached hydrogens (tertiary/aromatic N) is 5. The Hall–Kier alpha value is -3.99. The molecule has 1 fully saturated rings. The van der Waals surface area contributed by atoms with Gasteiger partial charge < -0.3 is 19.4 Å². The summed E-state index contributed by atoms with van der Waals surface area (Å²) in [5.41, 5.74) is 0.749. The van der Waals surface area contributed by atoms with E-state index in [2.05, 4.69) is 20.7 Å². The third-order valence-electron chi connectivity index (χ3n) is 6.38. The molecule has 0 radical (unpaired) electrons. The van der Waals surface area contributed by atoms with Crippen LogP contribution >= 0.6 is 11.3 Å². The van der Waals surface area contributed by atoms with Gasteiger partial charge in [-0.1, -0.05) is 18.9 Å². The van der Waals surface area contributed by atoms with Crippen molar-refractivity contribution in [3.63, 3.8) is 0 Å². The van der Waals surface area contributed by atoms with Crippen LogP contribution in [0.2, 0.25) is 0 Å². The summed E-state index contributed by atoms with van der Waals surface area (Å²) < 4.78 is 10.8. The number of hydrogen-bond acceptors (Lipinski definition) is 8. The van der Waals surface area contributed by atoms with Crippen LogP contribution in [-0.2, 0) is 22.7 Å². The van der Waals surface area contributed by atoms with Gasteiger partial charge in [-0.15, -0.1) is 21.5 Å². The Morgan fingerprint density at radius 2 is 2.00 bits per heavy atom. The number of methoxy groups -OCH3 is 1. The van der Waals surface area contributed by atoms with E-state index < -0.39 is 6.04 Å². The molecule has 2 amide bonds. The molecule has 11 heteroatoms. The molecule has 0 aliphatic heterocycles. The highest BCUT2D eigenvalue weighted by Crippen LogP contribution is 2.27. The topological polar surface area (TPSA) is 115 Å². The Labute approximate surface area is 218 Å². The van der Waals surface area contributed by atoms with Crippen molar-refractivity contribution >= 4 is 23.2 Å². The summed E-state index contributed by atoms with van der Waals surface area (Å²) in [6, 6.07) is 13.8. The van der Waals surface area contributed by atoms with Gasteiger partial charge in [0.25, 0.3) is 5.91 Å². The van der Waals surface area contributed by atoms with Crippen molar-refractivity contribution in [2.45, 2.75) is 50.9 Å². The van der Waals surface area contributed by atoms with Gasteiger partial charge in [0.15, 0.2) is 6.04 Å². The average Bonchev–Trinajstić information content (AvgIpc) is 3.73. The van der Waals surface area contributed by atoms with Crippen LogP contribution in [0.5, 0.6) is 5.75 Å². The van der Waals surface area contributed by atoms with Crippen molar-refractivity contribution in [2.75, 3.05) is 7.11 Å². The third-order valence-corrected chi connectivity index (χ3v) is 7.24. The number of benzene rings is 1. The molecule has 0 bridgehead atoms. The molecule has 1 N–H and O–H groups in total. The van der Waals surface area contributed by atoms with Crippen LogP contribution in [0.25, 0.3) is 11.4 Å². The fraction of sp³-hybridized carbons (Fsp3) is 0.346. The number of ether oxygens (including phenoxy) is 1. The zero-order valence-corrected chi connectivity index (χ0v) is 21.3. The van der Waals surface area contributed by atoms with Crippen LogP contribution in [0.4, 0.5) is 0 Å². The lowest BCUT2D eigenvalue weighted by molar-refractivity contribution is -0.143. The monoisotopic (exact) mass is 520 g/mol. The third kappa shape index (κ3) is 5.88. The molecule has 1 atom stereocenters. The van der Waals surface area contributed by atoms with Crippen LogP contribution in [0, 0.1) is 0 Å². The summed E-state index contributed by atoms with van der Waals surface area (Å²) >= 11 is 1.52. The Bertz CT molecular complexity index is 1300. The SMILES string of the molecule is COc1ccc(-c2nnn(CC(=O)N(Cc3cccs3)C(C(=O)NC3CCCC3)c3ccco3)n2)cc1. The molecule has 37 heavy (non-hydrogen) atoms. The maximum atomic E-state index is 13.7. The number of hydrogen-bond donors (Lipinski definition) is 1. The van der Waals surface area contributed by atoms with Crippen molar-refractivity contribution < 1.29 is 18.7 Å². The minimum absolute atomic E-state index is 0.104. The largest absolute Gasteiger partial charge is 0.497 e. The molecule has 1 aliphatic carbocycles. The van der Waals surface area contributed by atoms with E-state index in [1.807, 2.05) is 29.6 Å². The maximum Gasteiger partial charge on any atom is 0.250 e. The minimum atomic E-state index is -0.921. The molecule has 3 aromatic heterocycles. The van der Waals surface area contributed by atoms with Crippen molar-refractivity contribution in [1.82, 2.24) is 30.4 Å². The molecule has 1 aliphatic rings. The number of thiophene rings is 1. The number of amides is 2. The Balaban J connectivity index is 1.39. The number of rotatable bonds is 10. The second-order valence-electron chi connectivity index (χ2n) is 8.88. The van der Waals surface area contributed by atoms with E-state index in [4.69, 9.17) is 9.15 Å². The molecule has 1 saturated carbocycles. The quantitative estimate of drug-likeness (QED) is 0.338. The van der Waals surface area contributed by atoms with Gasteiger partial charge in [-0.2, -0.15) is 4.80 Å². The summed E-state index contributed by atoms with van der Waals surface area (Å²) in [6.45, 7) is 0.0719. The number of carbonyl (C=O) groups is 2. The first kappa shape index (κ1) is 24.7. The molecular weight excluding hydrogens is 492 g/mol.